The van der Waals surface area contributed by atoms with Gasteiger partial charge >= 0.3 is 5.97 Å². The van der Waals surface area contributed by atoms with Crippen molar-refractivity contribution in [3.05, 3.63) is 53.6 Å². The second kappa shape index (κ2) is 9.69. The molecule has 1 atom stereocenters. The predicted octanol–water partition coefficient (Wildman–Crippen LogP) is 3.85. The minimum Gasteiger partial charge on any atom is -0.486 e. The van der Waals surface area contributed by atoms with E-state index in [1.54, 1.807) is 23.9 Å². The van der Waals surface area contributed by atoms with E-state index >= 15 is 0 Å². The van der Waals surface area contributed by atoms with E-state index in [0.717, 1.165) is 10.5 Å². The highest BCUT2D eigenvalue weighted by Crippen LogP contribution is 2.34. The normalized spacial score (nSPS) is 13.7. The number of hydrogen-bond acceptors (Lipinski definition) is 6. The van der Waals surface area contributed by atoms with Crippen molar-refractivity contribution in [2.45, 2.75) is 24.8 Å². The van der Waals surface area contributed by atoms with E-state index in [4.69, 9.17) is 14.2 Å². The second-order valence-electron chi connectivity index (χ2n) is 7.00. The maximum absolute atomic E-state index is 12.4. The average molecular weight is 416 g/mol. The number of benzene rings is 2. The Morgan fingerprint density at radius 3 is 2.41 bits per heavy atom. The molecule has 0 radical (unpaired) electrons. The number of carbonyl (C=O) groups excluding carboxylic acids is 2. The zero-order chi connectivity index (χ0) is 20.8. The van der Waals surface area contributed by atoms with Crippen molar-refractivity contribution in [1.82, 2.24) is 5.32 Å². The number of thioether (sulfide) groups is 1. The molecule has 0 aromatic heterocycles. The van der Waals surface area contributed by atoms with Crippen LogP contribution in [0.5, 0.6) is 11.5 Å². The highest BCUT2D eigenvalue weighted by atomic mass is 32.2. The molecule has 1 heterocycles. The number of amides is 1. The van der Waals surface area contributed by atoms with Crippen LogP contribution < -0.4 is 14.8 Å². The SMILES string of the molecule is CSc1ccc(C(=O)OCC(=O)N[C@@H](c2ccc3c(c2)OCCO3)C(C)C)cc1. The topological polar surface area (TPSA) is 73.9 Å². The summed E-state index contributed by atoms with van der Waals surface area (Å²) >= 11 is 1.59. The molecule has 2 aromatic carbocycles. The standard InChI is InChI=1S/C22H25NO5S/c1-14(2)21(16-6-9-18-19(12-16)27-11-10-26-18)23-20(24)13-28-22(25)15-4-7-17(29-3)8-5-15/h4-9,12,14,21H,10-11,13H2,1-3H3,(H,23,24)/t21-/m1/s1. The molecular weight excluding hydrogens is 390 g/mol. The molecule has 0 aliphatic carbocycles. The van der Waals surface area contributed by atoms with Crippen LogP contribution in [0, 0.1) is 5.92 Å². The molecular formula is C22H25NO5S. The second-order valence-corrected chi connectivity index (χ2v) is 7.88. The first-order valence-corrected chi connectivity index (χ1v) is 10.7. The van der Waals surface area contributed by atoms with Crippen LogP contribution in [0.3, 0.4) is 0 Å². The number of ether oxygens (including phenoxy) is 3. The first-order chi connectivity index (χ1) is 14.0. The van der Waals surface area contributed by atoms with Crippen LogP contribution in [-0.4, -0.2) is 38.0 Å². The van der Waals surface area contributed by atoms with Crippen LogP contribution in [0.2, 0.25) is 0 Å². The molecule has 1 amide bonds. The van der Waals surface area contributed by atoms with Crippen LogP contribution in [0.25, 0.3) is 0 Å². The number of rotatable bonds is 7. The fraction of sp³-hybridized carbons (Fsp3) is 0.364. The van der Waals surface area contributed by atoms with E-state index in [1.807, 2.05) is 50.4 Å². The van der Waals surface area contributed by atoms with Gasteiger partial charge in [0.15, 0.2) is 18.1 Å². The van der Waals surface area contributed by atoms with Crippen molar-refractivity contribution >= 4 is 23.6 Å². The first-order valence-electron chi connectivity index (χ1n) is 9.48. The number of fused-ring (bicyclic) bond motifs is 1. The molecule has 3 rings (SSSR count). The van der Waals surface area contributed by atoms with Gasteiger partial charge < -0.3 is 19.5 Å². The summed E-state index contributed by atoms with van der Waals surface area (Å²) in [7, 11) is 0. The van der Waals surface area contributed by atoms with Crippen molar-refractivity contribution < 1.29 is 23.8 Å². The lowest BCUT2D eigenvalue weighted by atomic mass is 9.95. The summed E-state index contributed by atoms with van der Waals surface area (Å²) in [6.07, 6.45) is 1.96. The average Bonchev–Trinajstić information content (AvgIpc) is 2.75. The van der Waals surface area contributed by atoms with E-state index < -0.39 is 5.97 Å². The quantitative estimate of drug-likeness (QED) is 0.547. The zero-order valence-electron chi connectivity index (χ0n) is 16.8. The van der Waals surface area contributed by atoms with Gasteiger partial charge in [0.2, 0.25) is 0 Å². The highest BCUT2D eigenvalue weighted by molar-refractivity contribution is 7.98. The summed E-state index contributed by atoms with van der Waals surface area (Å²) in [5.74, 6) is 0.640. The predicted molar refractivity (Wildman–Crippen MR) is 112 cm³/mol. The Morgan fingerprint density at radius 2 is 1.76 bits per heavy atom. The maximum atomic E-state index is 12.4. The molecule has 1 aliphatic rings. The third-order valence-corrected chi connectivity index (χ3v) is 5.31. The molecule has 0 saturated heterocycles. The van der Waals surface area contributed by atoms with Crippen molar-refractivity contribution in [3.8, 4) is 11.5 Å². The monoisotopic (exact) mass is 415 g/mol. The fourth-order valence-electron chi connectivity index (χ4n) is 3.04. The highest BCUT2D eigenvalue weighted by Gasteiger charge is 2.22. The summed E-state index contributed by atoms with van der Waals surface area (Å²) in [6.45, 7) is 4.73. The summed E-state index contributed by atoms with van der Waals surface area (Å²) < 4.78 is 16.4. The van der Waals surface area contributed by atoms with Gasteiger partial charge in [-0.05, 0) is 54.1 Å². The molecule has 0 unspecified atom stereocenters. The largest absolute Gasteiger partial charge is 0.486 e. The fourth-order valence-corrected chi connectivity index (χ4v) is 3.45. The van der Waals surface area contributed by atoms with Crippen LogP contribution in [-0.2, 0) is 9.53 Å². The minimum atomic E-state index is -0.520. The van der Waals surface area contributed by atoms with Crippen LogP contribution in [0.1, 0.15) is 35.8 Å². The first kappa shape index (κ1) is 21.0. The Bertz CT molecular complexity index is 866. The molecule has 0 spiro atoms. The van der Waals surface area contributed by atoms with Gasteiger partial charge in [0.1, 0.15) is 13.2 Å². The van der Waals surface area contributed by atoms with Crippen LogP contribution in [0.4, 0.5) is 0 Å². The summed E-state index contributed by atoms with van der Waals surface area (Å²) in [5.41, 5.74) is 1.33. The lowest BCUT2D eigenvalue weighted by Gasteiger charge is -2.25. The molecule has 0 fully saturated rings. The maximum Gasteiger partial charge on any atom is 0.338 e. The molecule has 0 saturated carbocycles. The van der Waals surface area contributed by atoms with Gasteiger partial charge in [0.05, 0.1) is 11.6 Å². The van der Waals surface area contributed by atoms with E-state index in [0.29, 0.717) is 30.3 Å². The number of hydrogen-bond donors (Lipinski definition) is 1. The molecule has 29 heavy (non-hydrogen) atoms. The lowest BCUT2D eigenvalue weighted by molar-refractivity contribution is -0.125. The Balaban J connectivity index is 1.60. The van der Waals surface area contributed by atoms with Crippen LogP contribution in [0.15, 0.2) is 47.4 Å². The van der Waals surface area contributed by atoms with Gasteiger partial charge in [-0.15, -0.1) is 11.8 Å². The third kappa shape index (κ3) is 5.44. The van der Waals surface area contributed by atoms with Gasteiger partial charge in [-0.1, -0.05) is 19.9 Å². The lowest BCUT2D eigenvalue weighted by Crippen LogP contribution is -2.35. The van der Waals surface area contributed by atoms with Gasteiger partial charge in [-0.25, -0.2) is 4.79 Å². The molecule has 6 nitrogen and oxygen atoms in total. The Kier molecular flexibility index (Phi) is 7.04. The number of nitrogens with one attached hydrogen (secondary N) is 1. The van der Waals surface area contributed by atoms with Crippen molar-refractivity contribution in [3.63, 3.8) is 0 Å². The van der Waals surface area contributed by atoms with Gasteiger partial charge in [0, 0.05) is 4.90 Å². The smallest absolute Gasteiger partial charge is 0.338 e. The number of carbonyl (C=O) groups is 2. The summed E-state index contributed by atoms with van der Waals surface area (Å²) in [6, 6.07) is 12.5. The van der Waals surface area contributed by atoms with Gasteiger partial charge in [0.25, 0.3) is 5.91 Å². The molecule has 1 aliphatic heterocycles. The molecule has 2 aromatic rings. The van der Waals surface area contributed by atoms with Crippen molar-refractivity contribution in [2.24, 2.45) is 5.92 Å². The Labute approximate surface area is 174 Å². The van der Waals surface area contributed by atoms with E-state index in [1.165, 1.54) is 0 Å². The van der Waals surface area contributed by atoms with Gasteiger partial charge in [-0.3, -0.25) is 4.79 Å². The summed E-state index contributed by atoms with van der Waals surface area (Å²) in [5, 5.41) is 2.95. The van der Waals surface area contributed by atoms with Gasteiger partial charge in [-0.2, -0.15) is 0 Å². The van der Waals surface area contributed by atoms with E-state index in [-0.39, 0.29) is 24.5 Å². The molecule has 1 N–H and O–H groups in total. The molecule has 7 heteroatoms. The summed E-state index contributed by atoms with van der Waals surface area (Å²) in [4.78, 5) is 25.6. The Hall–Kier alpha value is -2.67. The molecule has 0 bridgehead atoms. The Morgan fingerprint density at radius 1 is 1.07 bits per heavy atom. The third-order valence-electron chi connectivity index (χ3n) is 4.57. The number of esters is 1. The van der Waals surface area contributed by atoms with Crippen molar-refractivity contribution in [1.29, 1.82) is 0 Å². The van der Waals surface area contributed by atoms with Crippen LogP contribution >= 0.6 is 11.8 Å². The molecule has 154 valence electrons. The van der Waals surface area contributed by atoms with E-state index in [2.05, 4.69) is 5.32 Å². The zero-order valence-corrected chi connectivity index (χ0v) is 17.6. The van der Waals surface area contributed by atoms with Crippen molar-refractivity contribution in [2.75, 3.05) is 26.1 Å². The van der Waals surface area contributed by atoms with E-state index in [9.17, 15) is 9.59 Å². The minimum absolute atomic E-state index is 0.135.